The topological polar surface area (TPSA) is 75.9 Å². The fourth-order valence-corrected chi connectivity index (χ4v) is 3.31. The zero-order chi connectivity index (χ0) is 14.7. The summed E-state index contributed by atoms with van der Waals surface area (Å²) in [6.45, 7) is 4.05. The van der Waals surface area contributed by atoms with Gasteiger partial charge in [-0.05, 0) is 26.3 Å². The van der Waals surface area contributed by atoms with Crippen molar-refractivity contribution in [3.8, 4) is 0 Å². The second-order valence-electron chi connectivity index (χ2n) is 5.23. The Morgan fingerprint density at radius 1 is 1.57 bits per heavy atom. The van der Waals surface area contributed by atoms with Crippen LogP contribution in [0.15, 0.2) is 18.0 Å². The first kappa shape index (κ1) is 14.2. The van der Waals surface area contributed by atoms with Crippen LogP contribution in [0.3, 0.4) is 0 Å². The molecule has 1 amide bonds. The third-order valence-corrected chi connectivity index (χ3v) is 4.45. The number of aromatic nitrogens is 4. The number of nitrogens with one attached hydrogen (secondary N) is 1. The van der Waals surface area contributed by atoms with E-state index in [1.165, 1.54) is 17.7 Å². The first-order chi connectivity index (χ1) is 10.2. The summed E-state index contributed by atoms with van der Waals surface area (Å²) < 4.78 is 1.82. The molecule has 3 heterocycles. The molecule has 2 aromatic heterocycles. The number of hydrogen-bond acceptors (Lipinski definition) is 6. The molecule has 1 atom stereocenters. The van der Waals surface area contributed by atoms with Crippen LogP contribution >= 0.6 is 11.3 Å². The van der Waals surface area contributed by atoms with Crippen molar-refractivity contribution < 1.29 is 4.79 Å². The van der Waals surface area contributed by atoms with Crippen molar-refractivity contribution in [2.75, 3.05) is 18.4 Å². The Bertz CT molecular complexity index is 596. The molecule has 3 rings (SSSR count). The monoisotopic (exact) mass is 306 g/mol. The molecule has 2 aromatic rings. The van der Waals surface area contributed by atoms with E-state index in [9.17, 15) is 4.79 Å². The van der Waals surface area contributed by atoms with Crippen molar-refractivity contribution in [2.24, 2.45) is 0 Å². The van der Waals surface area contributed by atoms with Crippen molar-refractivity contribution in [3.05, 3.63) is 23.7 Å². The number of hydrogen-bond donors (Lipinski definition) is 1. The minimum absolute atomic E-state index is 0.00478. The number of thiazole rings is 1. The largest absolute Gasteiger partial charge is 0.301 e. The van der Waals surface area contributed by atoms with Gasteiger partial charge in [-0.25, -0.2) is 9.97 Å². The fraction of sp³-hybridized carbons (Fsp3) is 0.538. The molecule has 1 aliphatic rings. The highest BCUT2D eigenvalue weighted by Crippen LogP contribution is 2.19. The molecule has 0 bridgehead atoms. The predicted octanol–water partition coefficient (Wildman–Crippen LogP) is 1.15. The van der Waals surface area contributed by atoms with Gasteiger partial charge in [-0.2, -0.15) is 5.10 Å². The van der Waals surface area contributed by atoms with Crippen LogP contribution in [0.2, 0.25) is 0 Å². The van der Waals surface area contributed by atoms with Crippen molar-refractivity contribution in [2.45, 2.75) is 32.4 Å². The van der Waals surface area contributed by atoms with E-state index in [4.69, 9.17) is 0 Å². The molecule has 21 heavy (non-hydrogen) atoms. The standard InChI is InChI=1S/C13H18N6OS/c1-10-7-21-13(16-10)17-12(20)6-18-4-2-3-11(18)5-19-9-14-8-15-19/h7-9,11H,2-6H2,1H3,(H,16,17,20). The highest BCUT2D eigenvalue weighted by Gasteiger charge is 2.26. The number of likely N-dealkylation sites (tertiary alicyclic amines) is 1. The lowest BCUT2D eigenvalue weighted by molar-refractivity contribution is -0.117. The Labute approximate surface area is 127 Å². The van der Waals surface area contributed by atoms with Gasteiger partial charge in [0.1, 0.15) is 12.7 Å². The van der Waals surface area contributed by atoms with Gasteiger partial charge >= 0.3 is 0 Å². The van der Waals surface area contributed by atoms with Gasteiger partial charge in [0.2, 0.25) is 5.91 Å². The van der Waals surface area contributed by atoms with Gasteiger partial charge in [-0.1, -0.05) is 0 Å². The Morgan fingerprint density at radius 3 is 3.19 bits per heavy atom. The van der Waals surface area contributed by atoms with Gasteiger partial charge in [0.25, 0.3) is 0 Å². The van der Waals surface area contributed by atoms with E-state index in [2.05, 4.69) is 25.3 Å². The summed E-state index contributed by atoms with van der Waals surface area (Å²) >= 11 is 1.46. The average Bonchev–Trinajstić information content (AvgIpc) is 3.15. The zero-order valence-corrected chi connectivity index (χ0v) is 12.7. The quantitative estimate of drug-likeness (QED) is 0.896. The van der Waals surface area contributed by atoms with Gasteiger partial charge in [0, 0.05) is 11.4 Å². The van der Waals surface area contributed by atoms with Crippen molar-refractivity contribution in [1.29, 1.82) is 0 Å². The van der Waals surface area contributed by atoms with Crippen LogP contribution in [0.25, 0.3) is 0 Å². The summed E-state index contributed by atoms with van der Waals surface area (Å²) in [6, 6.07) is 0.343. The maximum Gasteiger partial charge on any atom is 0.240 e. The average molecular weight is 306 g/mol. The third kappa shape index (κ3) is 3.64. The van der Waals surface area contributed by atoms with E-state index in [1.54, 1.807) is 6.33 Å². The molecule has 0 radical (unpaired) electrons. The number of nitrogens with zero attached hydrogens (tertiary/aromatic N) is 5. The summed E-state index contributed by atoms with van der Waals surface area (Å²) in [7, 11) is 0. The number of carbonyl (C=O) groups excluding carboxylic acids is 1. The summed E-state index contributed by atoms with van der Waals surface area (Å²) in [6.07, 6.45) is 5.46. The lowest BCUT2D eigenvalue weighted by atomic mass is 10.2. The number of anilines is 1. The second kappa shape index (κ2) is 6.31. The molecular formula is C13H18N6OS. The summed E-state index contributed by atoms with van der Waals surface area (Å²) in [5, 5.41) is 9.60. The van der Waals surface area contributed by atoms with E-state index in [0.29, 0.717) is 17.7 Å². The molecule has 1 N–H and O–H groups in total. The zero-order valence-electron chi connectivity index (χ0n) is 11.9. The van der Waals surface area contributed by atoms with Crippen LogP contribution in [0.4, 0.5) is 5.13 Å². The van der Waals surface area contributed by atoms with E-state index in [-0.39, 0.29) is 5.91 Å². The Morgan fingerprint density at radius 2 is 2.48 bits per heavy atom. The van der Waals surface area contributed by atoms with Crippen LogP contribution in [-0.4, -0.2) is 49.7 Å². The molecule has 8 heteroatoms. The van der Waals surface area contributed by atoms with Crippen LogP contribution < -0.4 is 5.32 Å². The smallest absolute Gasteiger partial charge is 0.240 e. The van der Waals surface area contributed by atoms with Gasteiger partial charge in [-0.3, -0.25) is 14.4 Å². The van der Waals surface area contributed by atoms with Crippen LogP contribution in [0.5, 0.6) is 0 Å². The number of aryl methyl sites for hydroxylation is 1. The van der Waals surface area contributed by atoms with Gasteiger partial charge in [0.15, 0.2) is 5.13 Å². The normalized spacial score (nSPS) is 19.0. The van der Waals surface area contributed by atoms with E-state index in [1.807, 2.05) is 17.0 Å². The Balaban J connectivity index is 1.54. The second-order valence-corrected chi connectivity index (χ2v) is 6.08. The first-order valence-corrected chi connectivity index (χ1v) is 7.87. The van der Waals surface area contributed by atoms with Crippen molar-refractivity contribution >= 4 is 22.4 Å². The number of rotatable bonds is 5. The van der Waals surface area contributed by atoms with Gasteiger partial charge in [0.05, 0.1) is 18.8 Å². The molecule has 1 saturated heterocycles. The molecule has 0 saturated carbocycles. The fourth-order valence-electron chi connectivity index (χ4n) is 2.61. The molecule has 1 fully saturated rings. The molecule has 112 valence electrons. The number of carbonyl (C=O) groups is 1. The minimum atomic E-state index is -0.00478. The van der Waals surface area contributed by atoms with Gasteiger partial charge in [-0.15, -0.1) is 11.3 Å². The maximum absolute atomic E-state index is 12.1. The summed E-state index contributed by atoms with van der Waals surface area (Å²) in [5.74, 6) is -0.00478. The molecule has 0 spiro atoms. The van der Waals surface area contributed by atoms with Crippen LogP contribution in [-0.2, 0) is 11.3 Å². The Hall–Kier alpha value is -1.80. The van der Waals surface area contributed by atoms with Crippen molar-refractivity contribution in [1.82, 2.24) is 24.6 Å². The summed E-state index contributed by atoms with van der Waals surface area (Å²) in [5.41, 5.74) is 0.931. The Kier molecular flexibility index (Phi) is 4.26. The third-order valence-electron chi connectivity index (χ3n) is 3.58. The van der Waals surface area contributed by atoms with Gasteiger partial charge < -0.3 is 5.32 Å². The molecule has 7 nitrogen and oxygen atoms in total. The SMILES string of the molecule is Cc1csc(NC(=O)CN2CCCC2Cn2cncn2)n1. The highest BCUT2D eigenvalue weighted by molar-refractivity contribution is 7.13. The van der Waals surface area contributed by atoms with E-state index in [0.717, 1.165) is 31.6 Å². The molecule has 1 unspecified atom stereocenters. The predicted molar refractivity (Wildman–Crippen MR) is 80.1 cm³/mol. The van der Waals surface area contributed by atoms with E-state index >= 15 is 0 Å². The summed E-state index contributed by atoms with van der Waals surface area (Å²) in [4.78, 5) is 22.5. The number of amides is 1. The molecule has 0 aliphatic carbocycles. The minimum Gasteiger partial charge on any atom is -0.301 e. The molecule has 1 aliphatic heterocycles. The van der Waals surface area contributed by atoms with Crippen LogP contribution in [0.1, 0.15) is 18.5 Å². The highest BCUT2D eigenvalue weighted by atomic mass is 32.1. The van der Waals surface area contributed by atoms with E-state index < -0.39 is 0 Å². The lowest BCUT2D eigenvalue weighted by Gasteiger charge is -2.23. The molecular weight excluding hydrogens is 288 g/mol. The first-order valence-electron chi connectivity index (χ1n) is 6.99. The van der Waals surface area contributed by atoms with Crippen LogP contribution in [0, 0.1) is 6.92 Å². The van der Waals surface area contributed by atoms with Crippen molar-refractivity contribution in [3.63, 3.8) is 0 Å². The molecule has 0 aromatic carbocycles. The lowest BCUT2D eigenvalue weighted by Crippen LogP contribution is -2.39. The maximum atomic E-state index is 12.1.